The predicted molar refractivity (Wildman–Crippen MR) is 75.2 cm³/mol. The Morgan fingerprint density at radius 1 is 1.37 bits per heavy atom. The standard InChI is InChI=1S/C15H18N2O2/c1-11-4-3-5-14(9-11)19-10-15(18)17-16-13-7-6-12(2)8-13/h3-5,8-9H,6-7,10H2,1-2H3,(H,17,18)/b16-13+. The Hall–Kier alpha value is -2.10. The quantitative estimate of drug-likeness (QED) is 0.844. The summed E-state index contributed by atoms with van der Waals surface area (Å²) < 4.78 is 5.39. The second kappa shape index (κ2) is 6.18. The van der Waals surface area contributed by atoms with E-state index in [0.717, 1.165) is 24.1 Å². The van der Waals surface area contributed by atoms with E-state index in [9.17, 15) is 4.79 Å². The number of allylic oxidation sites excluding steroid dienone is 2. The van der Waals surface area contributed by atoms with Crippen LogP contribution < -0.4 is 10.2 Å². The zero-order valence-corrected chi connectivity index (χ0v) is 11.3. The molecule has 19 heavy (non-hydrogen) atoms. The lowest BCUT2D eigenvalue weighted by Gasteiger charge is -2.05. The highest BCUT2D eigenvalue weighted by atomic mass is 16.5. The van der Waals surface area contributed by atoms with Gasteiger partial charge in [-0.2, -0.15) is 5.10 Å². The van der Waals surface area contributed by atoms with Gasteiger partial charge in [-0.1, -0.05) is 17.7 Å². The lowest BCUT2D eigenvalue weighted by Crippen LogP contribution is -2.25. The molecule has 0 bridgehead atoms. The van der Waals surface area contributed by atoms with Crippen molar-refractivity contribution >= 4 is 11.6 Å². The highest BCUT2D eigenvalue weighted by Gasteiger charge is 2.07. The van der Waals surface area contributed by atoms with E-state index in [0.29, 0.717) is 5.75 Å². The number of hydrazone groups is 1. The van der Waals surface area contributed by atoms with Crippen LogP contribution in [0.2, 0.25) is 0 Å². The Balaban J connectivity index is 1.79. The van der Waals surface area contributed by atoms with E-state index >= 15 is 0 Å². The van der Waals surface area contributed by atoms with Crippen LogP contribution in [-0.4, -0.2) is 18.2 Å². The van der Waals surface area contributed by atoms with Crippen LogP contribution in [0, 0.1) is 6.92 Å². The first-order valence-corrected chi connectivity index (χ1v) is 6.35. The first kappa shape index (κ1) is 13.3. The summed E-state index contributed by atoms with van der Waals surface area (Å²) in [6.07, 6.45) is 3.92. The molecule has 4 nitrogen and oxygen atoms in total. The Labute approximate surface area is 113 Å². The number of hydrogen-bond acceptors (Lipinski definition) is 3. The largest absolute Gasteiger partial charge is 0.484 e. The molecule has 1 amide bonds. The summed E-state index contributed by atoms with van der Waals surface area (Å²) in [5.41, 5.74) is 5.82. The summed E-state index contributed by atoms with van der Waals surface area (Å²) in [5, 5.41) is 4.06. The topological polar surface area (TPSA) is 50.7 Å². The minimum atomic E-state index is -0.244. The van der Waals surface area contributed by atoms with E-state index in [-0.39, 0.29) is 12.5 Å². The third kappa shape index (κ3) is 4.25. The van der Waals surface area contributed by atoms with Crippen molar-refractivity contribution in [1.29, 1.82) is 0 Å². The van der Waals surface area contributed by atoms with Gasteiger partial charge >= 0.3 is 0 Å². The third-order valence-corrected chi connectivity index (χ3v) is 2.87. The van der Waals surface area contributed by atoms with Gasteiger partial charge in [0.15, 0.2) is 6.61 Å². The molecule has 4 heteroatoms. The smallest absolute Gasteiger partial charge is 0.277 e. The van der Waals surface area contributed by atoms with Crippen molar-refractivity contribution in [1.82, 2.24) is 5.43 Å². The first-order valence-electron chi connectivity index (χ1n) is 6.35. The average molecular weight is 258 g/mol. The molecular formula is C15H18N2O2. The lowest BCUT2D eigenvalue weighted by atomic mass is 10.2. The van der Waals surface area contributed by atoms with E-state index in [1.54, 1.807) is 0 Å². The number of amides is 1. The van der Waals surface area contributed by atoms with Gasteiger partial charge in [0.1, 0.15) is 5.75 Å². The van der Waals surface area contributed by atoms with Gasteiger partial charge in [0.2, 0.25) is 0 Å². The number of ether oxygens (including phenoxy) is 1. The normalized spacial score (nSPS) is 16.3. The maximum absolute atomic E-state index is 11.6. The monoisotopic (exact) mass is 258 g/mol. The molecule has 1 aliphatic carbocycles. The van der Waals surface area contributed by atoms with Gasteiger partial charge in [-0.15, -0.1) is 0 Å². The molecule has 0 atom stereocenters. The molecule has 0 aliphatic heterocycles. The summed E-state index contributed by atoms with van der Waals surface area (Å²) in [6.45, 7) is 4.02. The van der Waals surface area contributed by atoms with Crippen LogP contribution in [-0.2, 0) is 4.79 Å². The van der Waals surface area contributed by atoms with Crippen molar-refractivity contribution < 1.29 is 9.53 Å². The third-order valence-electron chi connectivity index (χ3n) is 2.87. The minimum absolute atomic E-state index is 0.0249. The Morgan fingerprint density at radius 3 is 2.89 bits per heavy atom. The number of aryl methyl sites for hydroxylation is 1. The van der Waals surface area contributed by atoms with Crippen molar-refractivity contribution in [2.45, 2.75) is 26.7 Å². The highest BCUT2D eigenvalue weighted by Crippen LogP contribution is 2.14. The summed E-state index contributed by atoms with van der Waals surface area (Å²) >= 11 is 0. The zero-order valence-electron chi connectivity index (χ0n) is 11.3. The molecule has 1 aliphatic rings. The van der Waals surface area contributed by atoms with Crippen molar-refractivity contribution in [3.63, 3.8) is 0 Å². The van der Waals surface area contributed by atoms with Crippen molar-refractivity contribution in [3.8, 4) is 5.75 Å². The Kier molecular flexibility index (Phi) is 4.34. The van der Waals surface area contributed by atoms with Crippen molar-refractivity contribution in [2.75, 3.05) is 6.61 Å². The van der Waals surface area contributed by atoms with Crippen molar-refractivity contribution in [3.05, 3.63) is 41.5 Å². The second-order valence-corrected chi connectivity index (χ2v) is 4.73. The first-order chi connectivity index (χ1) is 9.13. The molecule has 1 N–H and O–H groups in total. The maximum Gasteiger partial charge on any atom is 0.277 e. The second-order valence-electron chi connectivity index (χ2n) is 4.73. The molecule has 0 spiro atoms. The molecule has 1 aromatic rings. The summed E-state index contributed by atoms with van der Waals surface area (Å²) in [7, 11) is 0. The van der Waals surface area contributed by atoms with E-state index in [4.69, 9.17) is 4.74 Å². The van der Waals surface area contributed by atoms with Crippen LogP contribution in [0.15, 0.2) is 41.0 Å². The summed E-state index contributed by atoms with van der Waals surface area (Å²) in [4.78, 5) is 11.6. The molecule has 1 aromatic carbocycles. The summed E-state index contributed by atoms with van der Waals surface area (Å²) in [6, 6.07) is 7.60. The van der Waals surface area contributed by atoms with Gasteiger partial charge < -0.3 is 4.74 Å². The van der Waals surface area contributed by atoms with E-state index in [1.165, 1.54) is 5.57 Å². The van der Waals surface area contributed by atoms with Gasteiger partial charge in [0.25, 0.3) is 5.91 Å². The lowest BCUT2D eigenvalue weighted by molar-refractivity contribution is -0.123. The molecule has 0 heterocycles. The number of carbonyl (C=O) groups is 1. The molecule has 0 fully saturated rings. The SMILES string of the molecule is CC1=C/C(=N/NC(=O)COc2cccc(C)c2)CC1. The number of hydrogen-bond donors (Lipinski definition) is 1. The van der Waals surface area contributed by atoms with Crippen LogP contribution in [0.3, 0.4) is 0 Å². The molecule has 2 rings (SSSR count). The fourth-order valence-corrected chi connectivity index (χ4v) is 1.86. The molecule has 0 unspecified atom stereocenters. The predicted octanol–water partition coefficient (Wildman–Crippen LogP) is 2.59. The maximum atomic E-state index is 11.6. The van der Waals surface area contributed by atoms with Gasteiger partial charge in [-0.05, 0) is 50.5 Å². The van der Waals surface area contributed by atoms with Crippen LogP contribution in [0.25, 0.3) is 0 Å². The number of carbonyl (C=O) groups excluding carboxylic acids is 1. The Bertz CT molecular complexity index is 533. The Morgan fingerprint density at radius 2 is 2.21 bits per heavy atom. The van der Waals surface area contributed by atoms with Gasteiger partial charge in [-0.25, -0.2) is 5.43 Å². The van der Waals surface area contributed by atoms with Crippen LogP contribution in [0.5, 0.6) is 5.75 Å². The molecule has 0 aromatic heterocycles. The molecule has 100 valence electrons. The van der Waals surface area contributed by atoms with Crippen molar-refractivity contribution in [2.24, 2.45) is 5.10 Å². The van der Waals surface area contributed by atoms with E-state index < -0.39 is 0 Å². The van der Waals surface area contributed by atoms with E-state index in [1.807, 2.05) is 37.3 Å². The molecule has 0 radical (unpaired) electrons. The van der Waals surface area contributed by atoms with Crippen LogP contribution >= 0.6 is 0 Å². The number of rotatable bonds is 4. The molecule has 0 saturated carbocycles. The van der Waals surface area contributed by atoms with Crippen LogP contribution in [0.4, 0.5) is 0 Å². The van der Waals surface area contributed by atoms with Gasteiger partial charge in [-0.3, -0.25) is 4.79 Å². The zero-order chi connectivity index (χ0) is 13.7. The highest BCUT2D eigenvalue weighted by molar-refractivity contribution is 5.98. The van der Waals surface area contributed by atoms with Crippen LogP contribution in [0.1, 0.15) is 25.3 Å². The minimum Gasteiger partial charge on any atom is -0.484 e. The summed E-state index contributed by atoms with van der Waals surface area (Å²) in [5.74, 6) is 0.450. The van der Waals surface area contributed by atoms with E-state index in [2.05, 4.69) is 17.5 Å². The fraction of sp³-hybridized carbons (Fsp3) is 0.333. The number of nitrogens with zero attached hydrogens (tertiary/aromatic N) is 1. The van der Waals surface area contributed by atoms with Gasteiger partial charge in [0.05, 0.1) is 5.71 Å². The molecular weight excluding hydrogens is 240 g/mol. The fourth-order valence-electron chi connectivity index (χ4n) is 1.86. The molecule has 0 saturated heterocycles. The van der Waals surface area contributed by atoms with Gasteiger partial charge in [0, 0.05) is 0 Å². The average Bonchev–Trinajstić information content (AvgIpc) is 2.80. The number of nitrogens with one attached hydrogen (secondary N) is 1. The number of benzene rings is 1.